The van der Waals surface area contributed by atoms with E-state index in [1.807, 2.05) is 12.1 Å². The number of halogens is 2. The predicted molar refractivity (Wildman–Crippen MR) is 85.2 cm³/mol. The summed E-state index contributed by atoms with van der Waals surface area (Å²) in [5.74, 6) is -1.72. The number of rotatable bonds is 2. The van der Waals surface area contributed by atoms with E-state index in [0.717, 1.165) is 25.1 Å². The molecule has 0 aliphatic rings. The van der Waals surface area contributed by atoms with Crippen LogP contribution in [0.1, 0.15) is 37.5 Å². The number of aromatic nitrogens is 1. The SMILES string of the molecule is C=C(c1ccc(C(C)(C)C)cc1)c1c(F)c[n+](O)cc1F.CO. The molecule has 0 atom stereocenters. The number of benzene rings is 1. The van der Waals surface area contributed by atoms with Crippen molar-refractivity contribution in [1.29, 1.82) is 0 Å². The number of pyridine rings is 1. The fourth-order valence-corrected chi connectivity index (χ4v) is 2.12. The number of aliphatic hydroxyl groups excluding tert-OH is 1. The van der Waals surface area contributed by atoms with E-state index < -0.39 is 11.6 Å². The Kier molecular flexibility index (Phi) is 5.98. The van der Waals surface area contributed by atoms with Gasteiger partial charge >= 0.3 is 0 Å². The van der Waals surface area contributed by atoms with Crippen molar-refractivity contribution in [1.82, 2.24) is 0 Å². The van der Waals surface area contributed by atoms with E-state index in [1.54, 1.807) is 12.1 Å². The molecule has 1 heterocycles. The molecule has 0 fully saturated rings. The van der Waals surface area contributed by atoms with Gasteiger partial charge in [-0.3, -0.25) is 5.21 Å². The topological polar surface area (TPSA) is 44.3 Å². The smallest absolute Gasteiger partial charge is 0.258 e. The minimum absolute atomic E-state index is 0.00550. The highest BCUT2D eigenvalue weighted by Crippen LogP contribution is 2.28. The van der Waals surface area contributed by atoms with Crippen molar-refractivity contribution < 1.29 is 23.8 Å². The molecule has 1 aromatic heterocycles. The summed E-state index contributed by atoms with van der Waals surface area (Å²) in [5.41, 5.74) is 1.78. The van der Waals surface area contributed by atoms with E-state index >= 15 is 0 Å². The van der Waals surface area contributed by atoms with Crippen molar-refractivity contribution in [2.75, 3.05) is 7.11 Å². The first-order chi connectivity index (χ1) is 10.7. The second-order valence-corrected chi connectivity index (χ2v) is 6.01. The molecule has 124 valence electrons. The molecule has 2 aromatic rings. The molecule has 0 spiro atoms. The fourth-order valence-electron chi connectivity index (χ4n) is 2.12. The van der Waals surface area contributed by atoms with Crippen LogP contribution in [0.2, 0.25) is 0 Å². The molecule has 0 saturated carbocycles. The number of nitrogens with zero attached hydrogens (tertiary/aromatic N) is 1. The van der Waals surface area contributed by atoms with Gasteiger partial charge in [-0.05, 0) is 22.1 Å². The van der Waals surface area contributed by atoms with Crippen LogP contribution in [-0.4, -0.2) is 17.4 Å². The van der Waals surface area contributed by atoms with Crippen molar-refractivity contribution in [2.45, 2.75) is 26.2 Å². The van der Waals surface area contributed by atoms with Crippen molar-refractivity contribution in [3.8, 4) is 0 Å². The molecule has 2 N–H and O–H groups in total. The van der Waals surface area contributed by atoms with Crippen LogP contribution in [0.25, 0.3) is 5.57 Å². The van der Waals surface area contributed by atoms with Gasteiger partial charge in [0.1, 0.15) is 0 Å². The third-order valence-electron chi connectivity index (χ3n) is 3.37. The van der Waals surface area contributed by atoms with Crippen molar-refractivity contribution >= 4 is 5.57 Å². The highest BCUT2D eigenvalue weighted by molar-refractivity contribution is 5.78. The molecule has 0 unspecified atom stereocenters. The van der Waals surface area contributed by atoms with Gasteiger partial charge in [0.05, 0.1) is 5.56 Å². The average Bonchev–Trinajstić information content (AvgIpc) is 2.47. The first-order valence-electron chi connectivity index (χ1n) is 7.04. The minimum atomic E-state index is -0.859. The minimum Gasteiger partial charge on any atom is -0.400 e. The Morgan fingerprint density at radius 2 is 1.43 bits per heavy atom. The largest absolute Gasteiger partial charge is 0.400 e. The average molecular weight is 322 g/mol. The van der Waals surface area contributed by atoms with Gasteiger partial charge in [0.2, 0.25) is 11.6 Å². The van der Waals surface area contributed by atoms with Crippen LogP contribution in [0.5, 0.6) is 0 Å². The Labute approximate surface area is 135 Å². The molecule has 0 aliphatic heterocycles. The molecule has 3 nitrogen and oxygen atoms in total. The van der Waals surface area contributed by atoms with E-state index in [0.29, 0.717) is 10.3 Å². The molecule has 0 aliphatic carbocycles. The summed E-state index contributed by atoms with van der Waals surface area (Å²) in [6.07, 6.45) is 1.60. The zero-order chi connectivity index (χ0) is 17.8. The maximum absolute atomic E-state index is 13.8. The van der Waals surface area contributed by atoms with E-state index in [-0.39, 0.29) is 16.6 Å². The van der Waals surface area contributed by atoms with Crippen molar-refractivity contribution in [2.24, 2.45) is 0 Å². The summed E-state index contributed by atoms with van der Waals surface area (Å²) in [7, 11) is 1.00. The summed E-state index contributed by atoms with van der Waals surface area (Å²) < 4.78 is 28.0. The third-order valence-corrected chi connectivity index (χ3v) is 3.37. The van der Waals surface area contributed by atoms with Gasteiger partial charge in [0.25, 0.3) is 12.4 Å². The second kappa shape index (κ2) is 7.33. The van der Waals surface area contributed by atoms with E-state index in [2.05, 4.69) is 27.4 Å². The van der Waals surface area contributed by atoms with Crippen molar-refractivity contribution in [3.63, 3.8) is 0 Å². The normalized spacial score (nSPS) is 10.7. The van der Waals surface area contributed by atoms with Crippen LogP contribution in [0.3, 0.4) is 0 Å². The lowest BCUT2D eigenvalue weighted by Gasteiger charge is -2.19. The van der Waals surface area contributed by atoms with Gasteiger partial charge in [-0.2, -0.15) is 8.78 Å². The lowest BCUT2D eigenvalue weighted by molar-refractivity contribution is -0.906. The summed E-state index contributed by atoms with van der Waals surface area (Å²) in [6.45, 7) is 10.0. The number of aliphatic hydroxyl groups is 1. The van der Waals surface area contributed by atoms with Crippen LogP contribution in [0.15, 0.2) is 43.2 Å². The maximum atomic E-state index is 13.8. The third kappa shape index (κ3) is 4.36. The highest BCUT2D eigenvalue weighted by atomic mass is 19.1. The van der Waals surface area contributed by atoms with Crippen LogP contribution < -0.4 is 4.73 Å². The van der Waals surface area contributed by atoms with E-state index in [4.69, 9.17) is 10.3 Å². The van der Waals surface area contributed by atoms with E-state index in [9.17, 15) is 8.78 Å². The van der Waals surface area contributed by atoms with Crippen LogP contribution in [-0.2, 0) is 5.41 Å². The molecular weight excluding hydrogens is 300 g/mol. The molecule has 5 heteroatoms. The van der Waals surface area contributed by atoms with Crippen molar-refractivity contribution in [3.05, 3.63) is 71.6 Å². The van der Waals surface area contributed by atoms with E-state index in [1.165, 1.54) is 0 Å². The van der Waals surface area contributed by atoms with Crippen LogP contribution >= 0.6 is 0 Å². The van der Waals surface area contributed by atoms with Gasteiger partial charge < -0.3 is 5.11 Å². The Hall–Kier alpha value is -2.27. The zero-order valence-corrected chi connectivity index (χ0v) is 13.8. The number of hydrogen-bond donors (Lipinski definition) is 2. The summed E-state index contributed by atoms with van der Waals surface area (Å²) in [5, 5.41) is 16.1. The quantitative estimate of drug-likeness (QED) is 0.657. The van der Waals surface area contributed by atoms with Gasteiger partial charge in [-0.1, -0.05) is 51.6 Å². The molecular formula is C18H22F2NO2+. The Bertz CT molecular complexity index is 666. The van der Waals surface area contributed by atoms with Gasteiger partial charge in [-0.15, -0.1) is 0 Å². The molecule has 0 amide bonds. The summed E-state index contributed by atoms with van der Waals surface area (Å²) in [4.78, 5) is 0. The molecule has 1 aromatic carbocycles. The summed E-state index contributed by atoms with van der Waals surface area (Å²) >= 11 is 0. The Morgan fingerprint density at radius 1 is 1.00 bits per heavy atom. The molecule has 0 radical (unpaired) electrons. The second-order valence-electron chi connectivity index (χ2n) is 6.01. The van der Waals surface area contributed by atoms with Gasteiger partial charge in [0.15, 0.2) is 0 Å². The van der Waals surface area contributed by atoms with Gasteiger partial charge in [0, 0.05) is 11.8 Å². The molecule has 2 rings (SSSR count). The Morgan fingerprint density at radius 3 is 1.83 bits per heavy atom. The Balaban J connectivity index is 0.00000127. The summed E-state index contributed by atoms with van der Waals surface area (Å²) in [6, 6.07) is 7.43. The predicted octanol–water partition coefficient (Wildman–Crippen LogP) is 3.46. The molecule has 0 saturated heterocycles. The first kappa shape index (κ1) is 18.8. The molecule has 23 heavy (non-hydrogen) atoms. The first-order valence-corrected chi connectivity index (χ1v) is 7.04. The van der Waals surface area contributed by atoms with Gasteiger partial charge in [-0.25, -0.2) is 0 Å². The molecule has 0 bridgehead atoms. The highest BCUT2D eigenvalue weighted by Gasteiger charge is 2.20. The lowest BCUT2D eigenvalue weighted by atomic mass is 9.86. The monoisotopic (exact) mass is 322 g/mol. The van der Waals surface area contributed by atoms with Crippen LogP contribution in [0.4, 0.5) is 8.78 Å². The maximum Gasteiger partial charge on any atom is 0.258 e. The standard InChI is InChI=1S/C17H18F2NO.CH4O/c1-11(16-14(18)9-20(21)10-15(16)19)12-5-7-13(8-6-12)17(2,3)4;1-2/h5-10,21H,1H2,2-4H3;2H,1H3/q+1;. The number of hydrogen-bond acceptors (Lipinski definition) is 2. The fraction of sp³-hybridized carbons (Fsp3) is 0.278. The lowest BCUT2D eigenvalue weighted by Crippen LogP contribution is -2.31. The van der Waals surface area contributed by atoms with Crippen LogP contribution in [0, 0.1) is 11.6 Å². The zero-order valence-electron chi connectivity index (χ0n) is 13.8.